The molecule has 0 saturated carbocycles. The molecule has 1 heterocycles. The van der Waals surface area contributed by atoms with Crippen LogP contribution in [0, 0.1) is 5.82 Å². The number of carbonyl (C=O) groups is 1. The molecular weight excluding hydrogens is 451 g/mol. The summed E-state index contributed by atoms with van der Waals surface area (Å²) in [6.07, 6.45) is 2.75. The number of ether oxygens (including phenoxy) is 2. The Hall–Kier alpha value is -3.58. The number of thioether (sulfide) groups is 1. The van der Waals surface area contributed by atoms with E-state index in [0.29, 0.717) is 33.7 Å². The van der Waals surface area contributed by atoms with Gasteiger partial charge in [-0.1, -0.05) is 43.3 Å². The average Bonchev–Trinajstić information content (AvgIpc) is 3.18. The van der Waals surface area contributed by atoms with Crippen LogP contribution in [0.2, 0.25) is 0 Å². The van der Waals surface area contributed by atoms with Crippen LogP contribution in [-0.4, -0.2) is 17.7 Å². The lowest BCUT2D eigenvalue weighted by atomic mass is 10.1. The van der Waals surface area contributed by atoms with Crippen LogP contribution in [0.15, 0.2) is 76.6 Å². The van der Waals surface area contributed by atoms with Crippen molar-refractivity contribution in [2.75, 3.05) is 6.61 Å². The van der Waals surface area contributed by atoms with Gasteiger partial charge in [-0.2, -0.15) is 0 Å². The van der Waals surface area contributed by atoms with E-state index in [-0.39, 0.29) is 18.3 Å². The van der Waals surface area contributed by atoms with Crippen LogP contribution in [0.4, 0.5) is 10.1 Å². The normalized spacial score (nSPS) is 15.6. The fraction of sp³-hybridized carbons (Fsp3) is 0.185. The van der Waals surface area contributed by atoms with Crippen molar-refractivity contribution in [1.29, 1.82) is 0 Å². The molecule has 174 valence electrons. The lowest BCUT2D eigenvalue weighted by molar-refractivity contribution is -0.115. The zero-order valence-electron chi connectivity index (χ0n) is 19.0. The predicted octanol–water partition coefficient (Wildman–Crippen LogP) is 6.26. The van der Waals surface area contributed by atoms with Gasteiger partial charge in [-0.15, -0.1) is 0 Å². The molecule has 0 aliphatic carbocycles. The van der Waals surface area contributed by atoms with Gasteiger partial charge in [-0.3, -0.25) is 4.79 Å². The second-order valence-electron chi connectivity index (χ2n) is 7.52. The molecule has 3 aromatic carbocycles. The van der Waals surface area contributed by atoms with Crippen molar-refractivity contribution in [3.63, 3.8) is 0 Å². The number of nitrogens with one attached hydrogen (secondary N) is 1. The van der Waals surface area contributed by atoms with Crippen LogP contribution < -0.4 is 14.8 Å². The topological polar surface area (TPSA) is 59.9 Å². The van der Waals surface area contributed by atoms with Gasteiger partial charge in [-0.05, 0) is 72.6 Å². The molecule has 5 nitrogen and oxygen atoms in total. The van der Waals surface area contributed by atoms with Crippen LogP contribution in [0.1, 0.15) is 30.5 Å². The standard InChI is InChI=1S/C27H25FN2O3S/c1-3-18-9-12-21(13-10-18)29-27-30-26(31)25(34-27)16-19-11-14-23(24(15-19)32-4-2)33-17-20-7-5-6-8-22(20)28/h5-16H,3-4,17H2,1-2H3,(H,29,30,31)/b25-16-. The number of amides is 1. The van der Waals surface area contributed by atoms with Gasteiger partial charge >= 0.3 is 0 Å². The SMILES string of the molecule is CCOc1cc(/C=C2\SC(=Nc3ccc(CC)cc3)NC2=O)ccc1OCc1ccccc1F. The van der Waals surface area contributed by atoms with E-state index >= 15 is 0 Å². The molecule has 1 N–H and O–H groups in total. The molecule has 1 saturated heterocycles. The first kappa shape index (κ1) is 23.6. The van der Waals surface area contributed by atoms with E-state index in [1.165, 1.54) is 23.4 Å². The summed E-state index contributed by atoms with van der Waals surface area (Å²) in [5, 5.41) is 3.35. The predicted molar refractivity (Wildman–Crippen MR) is 135 cm³/mol. The molecule has 0 unspecified atom stereocenters. The molecule has 3 aromatic rings. The molecule has 7 heteroatoms. The van der Waals surface area contributed by atoms with Crippen LogP contribution in [0.25, 0.3) is 6.08 Å². The summed E-state index contributed by atoms with van der Waals surface area (Å²) in [7, 11) is 0. The second-order valence-corrected chi connectivity index (χ2v) is 8.55. The zero-order chi connectivity index (χ0) is 23.9. The lowest BCUT2D eigenvalue weighted by Crippen LogP contribution is -2.19. The van der Waals surface area contributed by atoms with E-state index in [9.17, 15) is 9.18 Å². The largest absolute Gasteiger partial charge is 0.490 e. The van der Waals surface area contributed by atoms with E-state index in [4.69, 9.17) is 9.47 Å². The van der Waals surface area contributed by atoms with Crippen LogP contribution >= 0.6 is 11.8 Å². The Labute approximate surface area is 202 Å². The maximum atomic E-state index is 13.9. The van der Waals surface area contributed by atoms with Gasteiger partial charge in [-0.25, -0.2) is 9.38 Å². The first-order valence-electron chi connectivity index (χ1n) is 11.1. The number of hydrogen-bond acceptors (Lipinski definition) is 5. The molecular formula is C27H25FN2O3S. The Kier molecular flexibility index (Phi) is 7.65. The number of benzene rings is 3. The van der Waals surface area contributed by atoms with Crippen molar-refractivity contribution in [1.82, 2.24) is 5.32 Å². The number of nitrogens with zero attached hydrogens (tertiary/aromatic N) is 1. The first-order valence-corrected chi connectivity index (χ1v) is 11.9. The second kappa shape index (κ2) is 11.0. The number of halogens is 1. The smallest absolute Gasteiger partial charge is 0.264 e. The van der Waals surface area contributed by atoms with E-state index < -0.39 is 0 Å². The highest BCUT2D eigenvalue weighted by molar-refractivity contribution is 8.18. The molecule has 1 aliphatic heterocycles. The van der Waals surface area contributed by atoms with Crippen LogP contribution in [0.5, 0.6) is 11.5 Å². The highest BCUT2D eigenvalue weighted by Crippen LogP contribution is 2.33. The third-order valence-corrected chi connectivity index (χ3v) is 6.04. The molecule has 0 atom stereocenters. The molecule has 0 radical (unpaired) electrons. The summed E-state index contributed by atoms with van der Waals surface area (Å²) >= 11 is 1.29. The minimum atomic E-state index is -0.315. The maximum absolute atomic E-state index is 13.9. The number of amidine groups is 1. The van der Waals surface area contributed by atoms with Gasteiger partial charge in [0.25, 0.3) is 5.91 Å². The Morgan fingerprint density at radius 2 is 1.79 bits per heavy atom. The highest BCUT2D eigenvalue weighted by Gasteiger charge is 2.24. The molecule has 1 fully saturated rings. The first-order chi connectivity index (χ1) is 16.6. The van der Waals surface area contributed by atoms with Gasteiger partial charge in [0.2, 0.25) is 0 Å². The van der Waals surface area contributed by atoms with Crippen molar-refractivity contribution >= 4 is 34.6 Å². The van der Waals surface area contributed by atoms with Gasteiger partial charge < -0.3 is 14.8 Å². The third kappa shape index (κ3) is 5.85. The molecule has 1 aliphatic rings. The van der Waals surface area contributed by atoms with Gasteiger partial charge in [0.1, 0.15) is 12.4 Å². The summed E-state index contributed by atoms with van der Waals surface area (Å²) < 4.78 is 25.4. The average molecular weight is 477 g/mol. The summed E-state index contributed by atoms with van der Waals surface area (Å²) in [4.78, 5) is 17.5. The van der Waals surface area contributed by atoms with Gasteiger partial charge in [0.15, 0.2) is 16.7 Å². The third-order valence-electron chi connectivity index (χ3n) is 5.13. The highest BCUT2D eigenvalue weighted by atomic mass is 32.2. The van der Waals surface area contributed by atoms with Crippen molar-refractivity contribution < 1.29 is 18.7 Å². The molecule has 0 spiro atoms. The molecule has 0 aromatic heterocycles. The number of rotatable bonds is 8. The quantitative estimate of drug-likeness (QED) is 0.390. The van der Waals surface area contributed by atoms with Crippen molar-refractivity contribution in [2.24, 2.45) is 4.99 Å². The maximum Gasteiger partial charge on any atom is 0.264 e. The van der Waals surface area contributed by atoms with Crippen molar-refractivity contribution in [3.8, 4) is 11.5 Å². The zero-order valence-corrected chi connectivity index (χ0v) is 19.8. The Balaban J connectivity index is 1.50. The fourth-order valence-electron chi connectivity index (χ4n) is 3.33. The number of aryl methyl sites for hydroxylation is 1. The van der Waals surface area contributed by atoms with E-state index in [1.54, 1.807) is 36.4 Å². The van der Waals surface area contributed by atoms with Crippen molar-refractivity contribution in [2.45, 2.75) is 26.9 Å². The fourth-order valence-corrected chi connectivity index (χ4v) is 4.17. The summed E-state index contributed by atoms with van der Waals surface area (Å²) in [6.45, 7) is 4.51. The van der Waals surface area contributed by atoms with E-state index in [1.807, 2.05) is 37.3 Å². The Morgan fingerprint density at radius 1 is 1.00 bits per heavy atom. The van der Waals surface area contributed by atoms with Crippen LogP contribution in [-0.2, 0) is 17.8 Å². The van der Waals surface area contributed by atoms with Crippen LogP contribution in [0.3, 0.4) is 0 Å². The summed E-state index contributed by atoms with van der Waals surface area (Å²) in [6, 6.07) is 19.8. The molecule has 34 heavy (non-hydrogen) atoms. The number of hydrogen-bond donors (Lipinski definition) is 1. The monoisotopic (exact) mass is 476 g/mol. The van der Waals surface area contributed by atoms with Gasteiger partial charge in [0, 0.05) is 5.56 Å². The molecule has 4 rings (SSSR count). The number of carbonyl (C=O) groups excluding carboxylic acids is 1. The van der Waals surface area contributed by atoms with E-state index in [2.05, 4.69) is 17.2 Å². The van der Waals surface area contributed by atoms with E-state index in [0.717, 1.165) is 17.7 Å². The Morgan fingerprint density at radius 3 is 2.53 bits per heavy atom. The molecule has 0 bridgehead atoms. The van der Waals surface area contributed by atoms with Gasteiger partial charge in [0.05, 0.1) is 17.2 Å². The van der Waals surface area contributed by atoms with Crippen molar-refractivity contribution in [3.05, 3.63) is 94.1 Å². The Bertz CT molecular complexity index is 1240. The summed E-state index contributed by atoms with van der Waals surface area (Å²) in [5.41, 5.74) is 3.27. The lowest BCUT2D eigenvalue weighted by Gasteiger charge is -2.13. The molecule has 1 amide bonds. The summed E-state index contributed by atoms with van der Waals surface area (Å²) in [5.74, 6) is 0.520. The minimum absolute atomic E-state index is 0.0878. The minimum Gasteiger partial charge on any atom is -0.490 e. The number of aliphatic imine (C=N–C) groups is 1.